The number of aromatic nitrogens is 2. The molecule has 2 rings (SSSR count). The van der Waals surface area contributed by atoms with Gasteiger partial charge in [-0.05, 0) is 23.5 Å². The Balaban J connectivity index is 2.23. The molecule has 0 N–H and O–H groups in total. The molecule has 0 aliphatic heterocycles. The Bertz CT molecular complexity index is 578. The predicted octanol–water partition coefficient (Wildman–Crippen LogP) is 3.10. The van der Waals surface area contributed by atoms with Crippen LogP contribution in [-0.2, 0) is 6.42 Å². The van der Waals surface area contributed by atoms with Gasteiger partial charge in [0.15, 0.2) is 5.78 Å². The highest BCUT2D eigenvalue weighted by Gasteiger charge is 2.19. The van der Waals surface area contributed by atoms with Crippen LogP contribution in [0.2, 0.25) is 0 Å². The van der Waals surface area contributed by atoms with Gasteiger partial charge in [-0.2, -0.15) is 0 Å². The summed E-state index contributed by atoms with van der Waals surface area (Å²) in [5, 5.41) is 4.04. The zero-order valence-corrected chi connectivity index (χ0v) is 12.0. The van der Waals surface area contributed by atoms with Gasteiger partial charge in [0.25, 0.3) is 0 Å². The first kappa shape index (κ1) is 13.7. The van der Waals surface area contributed by atoms with E-state index in [2.05, 4.69) is 9.59 Å². The summed E-state index contributed by atoms with van der Waals surface area (Å²) in [6.45, 7) is 4.02. The van der Waals surface area contributed by atoms with Crippen molar-refractivity contribution in [3.63, 3.8) is 0 Å². The Labute approximate surface area is 116 Å². The van der Waals surface area contributed by atoms with Gasteiger partial charge in [0.05, 0.1) is 12.8 Å². The van der Waals surface area contributed by atoms with Crippen molar-refractivity contribution in [3.05, 3.63) is 40.4 Å². The lowest BCUT2D eigenvalue weighted by Crippen LogP contribution is -2.06. The van der Waals surface area contributed by atoms with Crippen LogP contribution in [0.25, 0.3) is 0 Å². The van der Waals surface area contributed by atoms with E-state index in [1.54, 1.807) is 7.11 Å². The zero-order valence-electron chi connectivity index (χ0n) is 11.2. The Morgan fingerprint density at radius 1 is 1.37 bits per heavy atom. The zero-order chi connectivity index (χ0) is 13.8. The third-order valence-corrected chi connectivity index (χ3v) is 3.64. The van der Waals surface area contributed by atoms with E-state index in [1.807, 2.05) is 38.1 Å². The molecule has 0 saturated carbocycles. The van der Waals surface area contributed by atoms with Crippen LogP contribution in [0.5, 0.6) is 5.75 Å². The monoisotopic (exact) mass is 276 g/mol. The second kappa shape index (κ2) is 5.93. The van der Waals surface area contributed by atoms with Crippen LogP contribution in [0.15, 0.2) is 24.3 Å². The quantitative estimate of drug-likeness (QED) is 0.787. The van der Waals surface area contributed by atoms with Gasteiger partial charge in [-0.15, -0.1) is 5.10 Å². The Morgan fingerprint density at radius 2 is 2.11 bits per heavy atom. The van der Waals surface area contributed by atoms with E-state index in [0.717, 1.165) is 17.0 Å². The van der Waals surface area contributed by atoms with Crippen molar-refractivity contribution < 1.29 is 9.53 Å². The van der Waals surface area contributed by atoms with E-state index in [-0.39, 0.29) is 11.7 Å². The average Bonchev–Trinajstić information content (AvgIpc) is 2.88. The summed E-state index contributed by atoms with van der Waals surface area (Å²) in [4.78, 5) is 13.0. The van der Waals surface area contributed by atoms with Gasteiger partial charge in [-0.3, -0.25) is 4.79 Å². The molecule has 0 aliphatic carbocycles. The number of nitrogens with zero attached hydrogens (tertiary/aromatic N) is 2. The summed E-state index contributed by atoms with van der Waals surface area (Å²) in [7, 11) is 1.61. The molecule has 100 valence electrons. The van der Waals surface area contributed by atoms with Gasteiger partial charge >= 0.3 is 0 Å². The molecule has 0 spiro atoms. The number of benzene rings is 1. The lowest BCUT2D eigenvalue weighted by molar-refractivity contribution is 0.0994. The molecular formula is C14H16N2O2S. The highest BCUT2D eigenvalue weighted by Crippen LogP contribution is 2.24. The van der Waals surface area contributed by atoms with Crippen molar-refractivity contribution in [2.75, 3.05) is 7.11 Å². The first-order valence-corrected chi connectivity index (χ1v) is 6.88. The van der Waals surface area contributed by atoms with Gasteiger partial charge in [0, 0.05) is 12.0 Å². The fourth-order valence-electron chi connectivity index (χ4n) is 1.87. The number of rotatable bonds is 5. The summed E-state index contributed by atoms with van der Waals surface area (Å²) in [5.41, 5.74) is 1.67. The summed E-state index contributed by atoms with van der Waals surface area (Å²) < 4.78 is 9.15. The lowest BCUT2D eigenvalue weighted by atomic mass is 10.0. The summed E-state index contributed by atoms with van der Waals surface area (Å²) in [5.74, 6) is 0.984. The summed E-state index contributed by atoms with van der Waals surface area (Å²) in [6.07, 6.45) is 0.313. The molecule has 1 aromatic heterocycles. The van der Waals surface area contributed by atoms with Gasteiger partial charge in [0.1, 0.15) is 10.6 Å². The third kappa shape index (κ3) is 2.98. The normalized spacial score (nSPS) is 10.7. The van der Waals surface area contributed by atoms with Crippen molar-refractivity contribution in [2.45, 2.75) is 26.2 Å². The van der Waals surface area contributed by atoms with Crippen molar-refractivity contribution in [2.24, 2.45) is 0 Å². The largest absolute Gasteiger partial charge is 0.496 e. The smallest absolute Gasteiger partial charge is 0.180 e. The Kier molecular flexibility index (Phi) is 4.27. The van der Waals surface area contributed by atoms with Gasteiger partial charge in [-0.25, -0.2) is 0 Å². The van der Waals surface area contributed by atoms with E-state index >= 15 is 0 Å². The molecule has 0 fully saturated rings. The number of para-hydroxylation sites is 1. The van der Waals surface area contributed by atoms with Gasteiger partial charge < -0.3 is 4.74 Å². The number of methoxy groups -OCH3 is 1. The number of carbonyl (C=O) groups excluding carboxylic acids is 1. The number of Topliss-reactive ketones (excluding diaryl/α,β-unsaturated/α-hetero) is 1. The standard InChI is InChI=1S/C14H16N2O2S/c1-9(2)13-14(19-16-15-13)11(17)8-10-6-4-5-7-12(10)18-3/h4-7,9H,8H2,1-3H3. The minimum atomic E-state index is 0.0446. The van der Waals surface area contributed by atoms with Crippen molar-refractivity contribution >= 4 is 17.3 Å². The molecule has 0 atom stereocenters. The van der Waals surface area contributed by atoms with Crippen molar-refractivity contribution in [3.8, 4) is 5.75 Å². The van der Waals surface area contributed by atoms with Crippen LogP contribution in [0.1, 0.15) is 40.7 Å². The Hall–Kier alpha value is -1.75. The molecule has 19 heavy (non-hydrogen) atoms. The highest BCUT2D eigenvalue weighted by molar-refractivity contribution is 7.08. The molecule has 0 radical (unpaired) electrons. The summed E-state index contributed by atoms with van der Waals surface area (Å²) in [6, 6.07) is 7.55. The lowest BCUT2D eigenvalue weighted by Gasteiger charge is -2.07. The number of ketones is 1. The molecule has 5 heteroatoms. The molecule has 0 aliphatic rings. The van der Waals surface area contributed by atoms with Crippen LogP contribution < -0.4 is 4.74 Å². The van der Waals surface area contributed by atoms with Crippen molar-refractivity contribution in [1.29, 1.82) is 0 Å². The summed E-state index contributed by atoms with van der Waals surface area (Å²) >= 11 is 1.17. The minimum Gasteiger partial charge on any atom is -0.496 e. The minimum absolute atomic E-state index is 0.0446. The first-order chi connectivity index (χ1) is 9.13. The molecule has 1 aromatic carbocycles. The van der Waals surface area contributed by atoms with Crippen LogP contribution >= 0.6 is 11.5 Å². The van der Waals surface area contributed by atoms with Gasteiger partial charge in [0.2, 0.25) is 0 Å². The molecule has 2 aromatic rings. The van der Waals surface area contributed by atoms with Crippen molar-refractivity contribution in [1.82, 2.24) is 9.59 Å². The van der Waals surface area contributed by atoms with Crippen LogP contribution in [-0.4, -0.2) is 22.5 Å². The van der Waals surface area contributed by atoms with E-state index in [0.29, 0.717) is 11.3 Å². The maximum Gasteiger partial charge on any atom is 0.180 e. The number of carbonyl (C=O) groups is 1. The van der Waals surface area contributed by atoms with E-state index in [4.69, 9.17) is 4.74 Å². The first-order valence-electron chi connectivity index (χ1n) is 6.10. The number of hydrogen-bond donors (Lipinski definition) is 0. The molecular weight excluding hydrogens is 260 g/mol. The fourth-order valence-corrected chi connectivity index (χ4v) is 2.63. The van der Waals surface area contributed by atoms with E-state index < -0.39 is 0 Å². The fraction of sp³-hybridized carbons (Fsp3) is 0.357. The second-order valence-corrected chi connectivity index (χ2v) is 5.31. The second-order valence-electron chi connectivity index (χ2n) is 4.55. The van der Waals surface area contributed by atoms with E-state index in [9.17, 15) is 4.79 Å². The third-order valence-electron chi connectivity index (χ3n) is 2.86. The van der Waals surface area contributed by atoms with Crippen LogP contribution in [0.4, 0.5) is 0 Å². The molecule has 0 unspecified atom stereocenters. The molecule has 0 saturated heterocycles. The highest BCUT2D eigenvalue weighted by atomic mass is 32.1. The average molecular weight is 276 g/mol. The molecule has 1 heterocycles. The topological polar surface area (TPSA) is 52.1 Å². The van der Waals surface area contributed by atoms with Crippen LogP contribution in [0, 0.1) is 0 Å². The molecule has 0 amide bonds. The predicted molar refractivity (Wildman–Crippen MR) is 75.0 cm³/mol. The maximum absolute atomic E-state index is 12.3. The maximum atomic E-state index is 12.3. The van der Waals surface area contributed by atoms with E-state index in [1.165, 1.54) is 11.5 Å². The number of ether oxygens (including phenoxy) is 1. The Morgan fingerprint density at radius 3 is 2.79 bits per heavy atom. The van der Waals surface area contributed by atoms with Gasteiger partial charge in [-0.1, -0.05) is 36.5 Å². The molecule has 0 bridgehead atoms. The number of hydrogen-bond acceptors (Lipinski definition) is 5. The van der Waals surface area contributed by atoms with Crippen LogP contribution in [0.3, 0.4) is 0 Å². The molecule has 4 nitrogen and oxygen atoms in total. The SMILES string of the molecule is COc1ccccc1CC(=O)c1snnc1C(C)C.